The number of fused-ring (bicyclic) bond motifs is 1. The van der Waals surface area contributed by atoms with Gasteiger partial charge in [-0.05, 0) is 13.0 Å². The van der Waals surface area contributed by atoms with Crippen LogP contribution in [-0.4, -0.2) is 12.0 Å². The van der Waals surface area contributed by atoms with Crippen LogP contribution in [0.5, 0.6) is 5.75 Å². The van der Waals surface area contributed by atoms with Crippen molar-refractivity contribution in [1.82, 2.24) is 0 Å². The number of nitrogen functional groups attached to an aromatic ring is 1. The van der Waals surface area contributed by atoms with Gasteiger partial charge in [-0.15, -0.1) is 0 Å². The summed E-state index contributed by atoms with van der Waals surface area (Å²) in [7, 11) is 0. The van der Waals surface area contributed by atoms with Gasteiger partial charge in [0.2, 0.25) is 0 Å². The Morgan fingerprint density at radius 1 is 1.57 bits per heavy atom. The van der Waals surface area contributed by atoms with Crippen LogP contribution in [-0.2, 0) is 4.79 Å². The average molecular weight is 213 g/mol. The van der Waals surface area contributed by atoms with Crippen molar-refractivity contribution in [2.75, 3.05) is 11.1 Å². The van der Waals surface area contributed by atoms with Gasteiger partial charge in [0.15, 0.2) is 6.10 Å². The van der Waals surface area contributed by atoms with E-state index in [4.69, 9.17) is 22.1 Å². The summed E-state index contributed by atoms with van der Waals surface area (Å²) in [5.74, 6) is 0.314. The van der Waals surface area contributed by atoms with E-state index < -0.39 is 6.10 Å². The lowest BCUT2D eigenvalue weighted by molar-refractivity contribution is -0.122. The molecule has 0 radical (unpaired) electrons. The van der Waals surface area contributed by atoms with E-state index >= 15 is 0 Å². The Balaban J connectivity index is 2.51. The van der Waals surface area contributed by atoms with Gasteiger partial charge in [0.1, 0.15) is 11.4 Å². The number of halogens is 1. The number of carbonyl (C=O) groups excluding carboxylic acids is 1. The quantitative estimate of drug-likeness (QED) is 0.643. The molecule has 1 aromatic carbocycles. The number of rotatable bonds is 0. The number of carbonyl (C=O) groups is 1. The molecule has 0 aromatic heterocycles. The minimum Gasteiger partial charge on any atom is -0.479 e. The average Bonchev–Trinajstić information content (AvgIpc) is 2.08. The molecule has 5 heteroatoms. The van der Waals surface area contributed by atoms with Crippen molar-refractivity contribution in [2.45, 2.75) is 13.0 Å². The van der Waals surface area contributed by atoms with Crippen LogP contribution in [0.2, 0.25) is 5.02 Å². The summed E-state index contributed by atoms with van der Waals surface area (Å²) < 4.78 is 5.33. The topological polar surface area (TPSA) is 64.3 Å². The van der Waals surface area contributed by atoms with E-state index in [1.165, 1.54) is 0 Å². The molecule has 0 saturated heterocycles. The molecule has 0 aliphatic carbocycles. The molecule has 0 fully saturated rings. The van der Waals surface area contributed by atoms with Gasteiger partial charge in [-0.2, -0.15) is 0 Å². The smallest absolute Gasteiger partial charge is 0.265 e. The fourth-order valence-corrected chi connectivity index (χ4v) is 1.51. The molecular formula is C9H9ClN2O2. The lowest BCUT2D eigenvalue weighted by Gasteiger charge is -2.24. The van der Waals surface area contributed by atoms with E-state index in [9.17, 15) is 4.79 Å². The highest BCUT2D eigenvalue weighted by Gasteiger charge is 2.25. The van der Waals surface area contributed by atoms with Gasteiger partial charge in [-0.3, -0.25) is 4.79 Å². The van der Waals surface area contributed by atoms with Gasteiger partial charge < -0.3 is 15.8 Å². The second-order valence-electron chi connectivity index (χ2n) is 3.12. The summed E-state index contributed by atoms with van der Waals surface area (Å²) in [5.41, 5.74) is 6.58. The molecule has 2 rings (SSSR count). The Hall–Kier alpha value is -1.42. The van der Waals surface area contributed by atoms with Crippen molar-refractivity contribution < 1.29 is 9.53 Å². The lowest BCUT2D eigenvalue weighted by Crippen LogP contribution is -2.34. The van der Waals surface area contributed by atoms with Gasteiger partial charge in [-0.25, -0.2) is 0 Å². The number of hydrogen-bond donors (Lipinski definition) is 2. The summed E-state index contributed by atoms with van der Waals surface area (Å²) in [5, 5.41) is 3.15. The van der Waals surface area contributed by atoms with Gasteiger partial charge in [-0.1, -0.05) is 11.6 Å². The molecule has 14 heavy (non-hydrogen) atoms. The van der Waals surface area contributed by atoms with Crippen LogP contribution in [0, 0.1) is 0 Å². The second-order valence-corrected chi connectivity index (χ2v) is 3.55. The first-order chi connectivity index (χ1) is 6.58. The van der Waals surface area contributed by atoms with E-state index in [1.54, 1.807) is 19.1 Å². The first-order valence-electron chi connectivity index (χ1n) is 4.14. The fraction of sp³-hybridized carbons (Fsp3) is 0.222. The van der Waals surface area contributed by atoms with E-state index in [-0.39, 0.29) is 5.91 Å². The predicted molar refractivity (Wildman–Crippen MR) is 54.6 cm³/mol. The predicted octanol–water partition coefficient (Wildman–Crippen LogP) is 1.64. The van der Waals surface area contributed by atoms with Gasteiger partial charge in [0, 0.05) is 11.1 Å². The molecule has 0 spiro atoms. The summed E-state index contributed by atoms with van der Waals surface area (Å²) in [6, 6.07) is 3.20. The molecule has 1 aliphatic heterocycles. The van der Waals surface area contributed by atoms with Gasteiger partial charge >= 0.3 is 0 Å². The summed E-state index contributed by atoms with van der Waals surface area (Å²) in [4.78, 5) is 11.3. The zero-order valence-electron chi connectivity index (χ0n) is 7.50. The summed E-state index contributed by atoms with van der Waals surface area (Å²) in [6.07, 6.45) is -0.514. The highest BCUT2D eigenvalue weighted by molar-refractivity contribution is 6.31. The van der Waals surface area contributed by atoms with Crippen LogP contribution in [0.3, 0.4) is 0 Å². The van der Waals surface area contributed by atoms with Crippen molar-refractivity contribution >= 4 is 28.9 Å². The summed E-state index contributed by atoms with van der Waals surface area (Å²) >= 11 is 5.79. The van der Waals surface area contributed by atoms with Crippen LogP contribution in [0.25, 0.3) is 0 Å². The van der Waals surface area contributed by atoms with Crippen LogP contribution < -0.4 is 15.8 Å². The van der Waals surface area contributed by atoms with E-state index in [0.717, 1.165) is 0 Å². The third kappa shape index (κ3) is 1.37. The molecular weight excluding hydrogens is 204 g/mol. The van der Waals surface area contributed by atoms with Gasteiger partial charge in [0.05, 0.1) is 5.69 Å². The first-order valence-corrected chi connectivity index (χ1v) is 4.52. The molecule has 4 nitrogen and oxygen atoms in total. The summed E-state index contributed by atoms with van der Waals surface area (Å²) in [6.45, 7) is 1.66. The van der Waals surface area contributed by atoms with Gasteiger partial charge in [0.25, 0.3) is 5.91 Å². The lowest BCUT2D eigenvalue weighted by atomic mass is 10.2. The third-order valence-electron chi connectivity index (χ3n) is 2.02. The van der Waals surface area contributed by atoms with Crippen LogP contribution >= 0.6 is 11.6 Å². The van der Waals surface area contributed by atoms with Crippen LogP contribution in [0.4, 0.5) is 11.4 Å². The van der Waals surface area contributed by atoms with Crippen molar-refractivity contribution in [3.05, 3.63) is 17.2 Å². The standard InChI is InChI=1S/C9H9ClN2O2/c1-4-9(13)12-8-6(11)2-5(10)3-7(8)14-4/h2-4H,11H2,1H3,(H,12,13). The number of amides is 1. The minimum atomic E-state index is -0.514. The van der Waals surface area contributed by atoms with Crippen molar-refractivity contribution in [2.24, 2.45) is 0 Å². The van der Waals surface area contributed by atoms with Crippen LogP contribution in [0.15, 0.2) is 12.1 Å². The molecule has 1 unspecified atom stereocenters. The highest BCUT2D eigenvalue weighted by Crippen LogP contribution is 2.37. The Bertz CT molecular complexity index is 406. The fourth-order valence-electron chi connectivity index (χ4n) is 1.30. The number of hydrogen-bond acceptors (Lipinski definition) is 3. The zero-order chi connectivity index (χ0) is 10.3. The number of nitrogens with two attached hydrogens (primary N) is 1. The highest BCUT2D eigenvalue weighted by atomic mass is 35.5. The molecule has 1 aromatic rings. The Kier molecular flexibility index (Phi) is 2.00. The maximum atomic E-state index is 11.3. The molecule has 3 N–H and O–H groups in total. The molecule has 0 saturated carbocycles. The Morgan fingerprint density at radius 3 is 3.00 bits per heavy atom. The number of nitrogens with one attached hydrogen (secondary N) is 1. The number of ether oxygens (including phenoxy) is 1. The minimum absolute atomic E-state index is 0.202. The largest absolute Gasteiger partial charge is 0.479 e. The molecule has 1 atom stereocenters. The number of benzene rings is 1. The SMILES string of the molecule is CC1Oc2cc(Cl)cc(N)c2NC1=O. The monoisotopic (exact) mass is 212 g/mol. The maximum absolute atomic E-state index is 11.3. The number of anilines is 2. The molecule has 1 amide bonds. The van der Waals surface area contributed by atoms with Crippen LogP contribution in [0.1, 0.15) is 6.92 Å². The zero-order valence-corrected chi connectivity index (χ0v) is 8.26. The normalized spacial score (nSPS) is 19.6. The Morgan fingerprint density at radius 2 is 2.29 bits per heavy atom. The van der Waals surface area contributed by atoms with Crippen molar-refractivity contribution in [3.63, 3.8) is 0 Å². The van der Waals surface area contributed by atoms with E-state index in [1.807, 2.05) is 0 Å². The molecule has 1 heterocycles. The molecule has 1 aliphatic rings. The van der Waals surface area contributed by atoms with E-state index in [2.05, 4.69) is 5.32 Å². The third-order valence-corrected chi connectivity index (χ3v) is 2.24. The molecule has 74 valence electrons. The molecule has 0 bridgehead atoms. The second kappa shape index (κ2) is 3.06. The van der Waals surface area contributed by atoms with Crippen molar-refractivity contribution in [3.8, 4) is 5.75 Å². The van der Waals surface area contributed by atoms with Crippen molar-refractivity contribution in [1.29, 1.82) is 0 Å². The Labute approximate surface area is 86.0 Å². The first kappa shape index (κ1) is 9.15. The van der Waals surface area contributed by atoms with E-state index in [0.29, 0.717) is 22.1 Å². The maximum Gasteiger partial charge on any atom is 0.265 e.